The van der Waals surface area contributed by atoms with Crippen LogP contribution < -0.4 is 10.9 Å². The van der Waals surface area contributed by atoms with E-state index in [0.29, 0.717) is 27.7 Å². The second-order valence-corrected chi connectivity index (χ2v) is 6.15. The normalized spacial score (nSPS) is 10.6. The van der Waals surface area contributed by atoms with Crippen LogP contribution in [-0.2, 0) is 13.1 Å². The van der Waals surface area contributed by atoms with Gasteiger partial charge in [-0.1, -0.05) is 30.2 Å². The Kier molecular flexibility index (Phi) is 4.82. The highest BCUT2D eigenvalue weighted by molar-refractivity contribution is 5.95. The molecule has 142 valence electrons. The third-order valence-corrected chi connectivity index (χ3v) is 4.32. The van der Waals surface area contributed by atoms with Gasteiger partial charge in [0.05, 0.1) is 23.3 Å². The molecule has 0 bridgehead atoms. The number of aromatic nitrogens is 6. The van der Waals surface area contributed by atoms with Crippen LogP contribution >= 0.6 is 0 Å². The van der Waals surface area contributed by atoms with Crippen molar-refractivity contribution in [2.75, 3.05) is 0 Å². The van der Waals surface area contributed by atoms with E-state index in [-0.39, 0.29) is 24.6 Å². The van der Waals surface area contributed by atoms with Crippen molar-refractivity contribution in [2.24, 2.45) is 0 Å². The maximum atomic E-state index is 12.7. The van der Waals surface area contributed by atoms with Gasteiger partial charge in [0, 0.05) is 10.9 Å². The Bertz CT molecular complexity index is 1290. The van der Waals surface area contributed by atoms with Gasteiger partial charge in [0.1, 0.15) is 12.9 Å². The standard InChI is InChI=1S/C20H15N7O2/c1-2-10-26-20(29)17-9-4-3-8-16(17)18(23-26)12-21-19(28)14-6-5-7-15(11-14)27-13-22-24-25-27/h1,3-9,11,13H,10,12H2,(H,21,28). The van der Waals surface area contributed by atoms with E-state index in [2.05, 4.69) is 31.9 Å². The number of terminal acetylenes is 1. The monoisotopic (exact) mass is 385 g/mol. The van der Waals surface area contributed by atoms with Crippen LogP contribution in [0, 0.1) is 12.3 Å². The molecule has 2 aromatic heterocycles. The lowest BCUT2D eigenvalue weighted by Crippen LogP contribution is -2.28. The van der Waals surface area contributed by atoms with Crippen LogP contribution in [0.2, 0.25) is 0 Å². The Morgan fingerprint density at radius 2 is 1.97 bits per heavy atom. The van der Waals surface area contributed by atoms with E-state index in [4.69, 9.17) is 6.42 Å². The second kappa shape index (κ2) is 7.74. The lowest BCUT2D eigenvalue weighted by molar-refractivity contribution is 0.0950. The van der Waals surface area contributed by atoms with Gasteiger partial charge < -0.3 is 5.32 Å². The van der Waals surface area contributed by atoms with Gasteiger partial charge in [-0.25, -0.2) is 9.36 Å². The number of carbonyl (C=O) groups excluding carboxylic acids is 1. The molecule has 0 radical (unpaired) electrons. The Morgan fingerprint density at radius 3 is 2.72 bits per heavy atom. The van der Waals surface area contributed by atoms with Crippen LogP contribution in [0.1, 0.15) is 16.1 Å². The molecule has 1 N–H and O–H groups in total. The summed E-state index contributed by atoms with van der Waals surface area (Å²) in [4.78, 5) is 25.1. The Labute approximate surface area is 165 Å². The van der Waals surface area contributed by atoms with Crippen LogP contribution in [0.3, 0.4) is 0 Å². The largest absolute Gasteiger partial charge is 0.346 e. The molecule has 1 amide bonds. The Hall–Kier alpha value is -4.32. The Morgan fingerprint density at radius 1 is 1.14 bits per heavy atom. The second-order valence-electron chi connectivity index (χ2n) is 6.15. The van der Waals surface area contributed by atoms with Crippen LogP contribution in [-0.4, -0.2) is 35.9 Å². The molecule has 2 aromatic carbocycles. The summed E-state index contributed by atoms with van der Waals surface area (Å²) < 4.78 is 2.68. The SMILES string of the molecule is C#CCn1nc(CNC(=O)c2cccc(-n3cnnn3)c2)c2ccccc2c1=O. The lowest BCUT2D eigenvalue weighted by atomic mass is 10.1. The van der Waals surface area contributed by atoms with Gasteiger partial charge in [-0.3, -0.25) is 9.59 Å². The molecule has 0 aliphatic heterocycles. The van der Waals surface area contributed by atoms with Gasteiger partial charge in [-0.2, -0.15) is 5.10 Å². The number of amides is 1. The van der Waals surface area contributed by atoms with Crippen molar-refractivity contribution in [2.45, 2.75) is 13.1 Å². The zero-order valence-electron chi connectivity index (χ0n) is 15.2. The molecule has 0 spiro atoms. The molecular weight excluding hydrogens is 370 g/mol. The molecular formula is C20H15N7O2. The number of fused-ring (bicyclic) bond motifs is 1. The fourth-order valence-electron chi connectivity index (χ4n) is 2.96. The highest BCUT2D eigenvalue weighted by atomic mass is 16.1. The zero-order chi connectivity index (χ0) is 20.2. The minimum Gasteiger partial charge on any atom is -0.346 e. The number of carbonyl (C=O) groups is 1. The summed E-state index contributed by atoms with van der Waals surface area (Å²) in [6.07, 6.45) is 6.79. The maximum absolute atomic E-state index is 12.7. The molecule has 0 aliphatic carbocycles. The van der Waals surface area contributed by atoms with E-state index in [0.717, 1.165) is 0 Å². The quantitative estimate of drug-likeness (QED) is 0.512. The fourth-order valence-corrected chi connectivity index (χ4v) is 2.96. The third kappa shape index (κ3) is 3.59. The number of tetrazole rings is 1. The minimum atomic E-state index is -0.291. The van der Waals surface area contributed by atoms with Crippen molar-refractivity contribution in [3.8, 4) is 18.0 Å². The molecule has 9 nitrogen and oxygen atoms in total. The van der Waals surface area contributed by atoms with Crippen LogP contribution in [0.25, 0.3) is 16.5 Å². The van der Waals surface area contributed by atoms with Gasteiger partial charge in [-0.05, 0) is 34.7 Å². The number of rotatable bonds is 5. The highest BCUT2D eigenvalue weighted by Crippen LogP contribution is 2.14. The number of hydrogen-bond donors (Lipinski definition) is 1. The number of nitrogens with one attached hydrogen (secondary N) is 1. The first kappa shape index (κ1) is 18.1. The van der Waals surface area contributed by atoms with Crippen molar-refractivity contribution in [3.63, 3.8) is 0 Å². The smallest absolute Gasteiger partial charge is 0.275 e. The van der Waals surface area contributed by atoms with E-state index in [1.807, 2.05) is 6.07 Å². The van der Waals surface area contributed by atoms with E-state index < -0.39 is 0 Å². The van der Waals surface area contributed by atoms with Crippen molar-refractivity contribution in [3.05, 3.63) is 76.5 Å². The summed E-state index contributed by atoms with van der Waals surface area (Å²) >= 11 is 0. The molecule has 0 unspecified atom stereocenters. The average molecular weight is 385 g/mol. The molecule has 0 atom stereocenters. The number of benzene rings is 2. The first-order valence-electron chi connectivity index (χ1n) is 8.71. The van der Waals surface area contributed by atoms with Crippen LogP contribution in [0.15, 0.2) is 59.7 Å². The molecule has 0 saturated carbocycles. The van der Waals surface area contributed by atoms with Crippen LogP contribution in [0.5, 0.6) is 0 Å². The topological polar surface area (TPSA) is 108 Å². The molecule has 0 saturated heterocycles. The van der Waals surface area contributed by atoms with E-state index in [9.17, 15) is 9.59 Å². The third-order valence-electron chi connectivity index (χ3n) is 4.32. The summed E-state index contributed by atoms with van der Waals surface area (Å²) in [5.41, 5.74) is 1.40. The average Bonchev–Trinajstić information content (AvgIpc) is 3.30. The summed E-state index contributed by atoms with van der Waals surface area (Å²) in [7, 11) is 0. The molecule has 4 aromatic rings. The fraction of sp³-hybridized carbons (Fsp3) is 0.100. The van der Waals surface area contributed by atoms with Crippen molar-refractivity contribution in [1.82, 2.24) is 35.3 Å². The molecule has 29 heavy (non-hydrogen) atoms. The van der Waals surface area contributed by atoms with Gasteiger partial charge in [0.15, 0.2) is 0 Å². The molecule has 9 heteroatoms. The molecule has 0 fully saturated rings. The number of nitrogens with zero attached hydrogens (tertiary/aromatic N) is 6. The van der Waals surface area contributed by atoms with E-state index in [1.165, 1.54) is 15.7 Å². The predicted octanol–water partition coefficient (Wildman–Crippen LogP) is 0.935. The summed E-state index contributed by atoms with van der Waals surface area (Å²) in [6, 6.07) is 14.0. The van der Waals surface area contributed by atoms with Crippen LogP contribution in [0.4, 0.5) is 0 Å². The predicted molar refractivity (Wildman–Crippen MR) is 105 cm³/mol. The van der Waals surface area contributed by atoms with Gasteiger partial charge in [0.25, 0.3) is 11.5 Å². The maximum Gasteiger partial charge on any atom is 0.275 e. The summed E-state index contributed by atoms with van der Waals surface area (Å²) in [5.74, 6) is 2.13. The Balaban J connectivity index is 1.61. The van der Waals surface area contributed by atoms with Gasteiger partial charge >= 0.3 is 0 Å². The zero-order valence-corrected chi connectivity index (χ0v) is 15.2. The van der Waals surface area contributed by atoms with Crippen molar-refractivity contribution >= 4 is 16.7 Å². The molecule has 0 aliphatic rings. The van der Waals surface area contributed by atoms with Crippen molar-refractivity contribution < 1.29 is 4.79 Å². The lowest BCUT2D eigenvalue weighted by Gasteiger charge is -2.11. The van der Waals surface area contributed by atoms with E-state index in [1.54, 1.807) is 42.5 Å². The molecule has 2 heterocycles. The first-order valence-corrected chi connectivity index (χ1v) is 8.71. The highest BCUT2D eigenvalue weighted by Gasteiger charge is 2.12. The molecule has 4 rings (SSSR count). The van der Waals surface area contributed by atoms with E-state index >= 15 is 0 Å². The van der Waals surface area contributed by atoms with Crippen molar-refractivity contribution in [1.29, 1.82) is 0 Å². The number of hydrogen-bond acceptors (Lipinski definition) is 6. The summed E-state index contributed by atoms with van der Waals surface area (Å²) in [6.45, 7) is 0.192. The summed E-state index contributed by atoms with van der Waals surface area (Å²) in [5, 5.41) is 19.3. The first-order chi connectivity index (χ1) is 14.2. The minimum absolute atomic E-state index is 0.0542. The van der Waals surface area contributed by atoms with Gasteiger partial charge in [-0.15, -0.1) is 11.5 Å². The van der Waals surface area contributed by atoms with Gasteiger partial charge in [0.2, 0.25) is 0 Å².